The van der Waals surface area contributed by atoms with Gasteiger partial charge in [-0.05, 0) is 0 Å². The minimum atomic E-state index is -4.65. The first-order valence-corrected chi connectivity index (χ1v) is 19.9. The maximum atomic E-state index is 13.5. The van der Waals surface area contributed by atoms with Crippen LogP contribution in [0, 0.1) is 0 Å². The Kier molecular flexibility index (Phi) is 13.2. The van der Waals surface area contributed by atoms with E-state index in [1.54, 1.807) is 0 Å². The zero-order chi connectivity index (χ0) is 36.5. The third kappa shape index (κ3) is 10.3. The average molecular weight is 787 g/mol. The average Bonchev–Trinajstić information content (AvgIpc) is 3.02. The number of guanidine groups is 2. The number of alkyl halides is 9. The van der Waals surface area contributed by atoms with Gasteiger partial charge in [0.2, 0.25) is 0 Å². The molecule has 0 fully saturated rings. The molecule has 16 heteroatoms. The van der Waals surface area contributed by atoms with E-state index in [0.29, 0.717) is 35.3 Å². The van der Waals surface area contributed by atoms with E-state index in [-0.39, 0.29) is 18.1 Å². The summed E-state index contributed by atoms with van der Waals surface area (Å²) >= 11 is 3.93. The Labute approximate surface area is 286 Å². The van der Waals surface area contributed by atoms with Crippen LogP contribution in [0.3, 0.4) is 0 Å². The summed E-state index contributed by atoms with van der Waals surface area (Å²) in [5.41, 5.74) is 13.3. The van der Waals surface area contributed by atoms with E-state index >= 15 is 0 Å². The van der Waals surface area contributed by atoms with Gasteiger partial charge in [-0.15, -0.1) is 0 Å². The molecule has 0 spiro atoms. The Morgan fingerprint density at radius 2 is 0.816 bits per heavy atom. The summed E-state index contributed by atoms with van der Waals surface area (Å²) < 4.78 is 122. The second kappa shape index (κ2) is 16.1. The molecule has 49 heavy (non-hydrogen) atoms. The molecule has 0 radical (unpaired) electrons. The van der Waals surface area contributed by atoms with Crippen molar-refractivity contribution in [2.24, 2.45) is 27.2 Å². The van der Waals surface area contributed by atoms with Crippen molar-refractivity contribution in [1.82, 2.24) is 0 Å². The van der Waals surface area contributed by atoms with Gasteiger partial charge in [-0.2, -0.15) is 4.99 Å². The minimum absolute atomic E-state index is 0.00728. The number of nitrogens with two attached hydrogens (primary N) is 3. The third-order valence-corrected chi connectivity index (χ3v) is 18.2. The van der Waals surface area contributed by atoms with Gasteiger partial charge < -0.3 is 17.2 Å². The van der Waals surface area contributed by atoms with Crippen LogP contribution in [0.4, 0.5) is 39.5 Å². The number of hydrogen-bond donors (Lipinski definition) is 3. The van der Waals surface area contributed by atoms with Gasteiger partial charge >= 0.3 is 259 Å². The molecule has 0 aliphatic heterocycles. The van der Waals surface area contributed by atoms with E-state index in [2.05, 4.69) is 25.5 Å². The van der Waals surface area contributed by atoms with E-state index in [1.807, 2.05) is 0 Å². The normalized spacial score (nSPS) is 13.9. The second-order valence-electron chi connectivity index (χ2n) is 11.6. The van der Waals surface area contributed by atoms with Gasteiger partial charge in [-0.3, -0.25) is 0 Å². The third-order valence-electron chi connectivity index (χ3n) is 8.20. The van der Waals surface area contributed by atoms with Gasteiger partial charge in [0, 0.05) is 0 Å². The molecule has 0 saturated heterocycles. The Bertz CT molecular complexity index is 1420. The van der Waals surface area contributed by atoms with E-state index < -0.39 is 40.5 Å². The predicted octanol–water partition coefficient (Wildman–Crippen LogP) is 8.59. The molecule has 0 atom stereocenters. The number of halogens is 10. The molecule has 0 aromatic heterocycles. The molecule has 6 N–H and O–H groups in total. The molecule has 0 amide bonds. The molecule has 0 aliphatic carbocycles. The Morgan fingerprint density at radius 1 is 0.510 bits per heavy atom. The van der Waals surface area contributed by atoms with Gasteiger partial charge in [0.25, 0.3) is 0 Å². The Hall–Kier alpha value is -3.32. The van der Waals surface area contributed by atoms with Gasteiger partial charge in [0.1, 0.15) is 0 Å². The fourth-order valence-corrected chi connectivity index (χ4v) is 13.3. The number of nitrogens with zero attached hydrogens (tertiary/aromatic N) is 2. The molecule has 0 aliphatic rings. The van der Waals surface area contributed by atoms with Crippen molar-refractivity contribution < 1.29 is 39.5 Å². The first-order chi connectivity index (χ1) is 22.8. The quantitative estimate of drug-likeness (QED) is 0.0502. The van der Waals surface area contributed by atoms with Crippen molar-refractivity contribution in [3.63, 3.8) is 0 Å². The summed E-state index contributed by atoms with van der Waals surface area (Å²) in [4.78, 5) is 7.69. The van der Waals surface area contributed by atoms with Crippen LogP contribution in [-0.4, -0.2) is 24.6 Å². The molecule has 0 saturated carbocycles. The molecular weight excluding hydrogens is 748 g/mol. The summed E-state index contributed by atoms with van der Waals surface area (Å²) in [6, 6.07) is 12.9. The molecule has 3 aromatic rings. The molecule has 0 unspecified atom stereocenters. The first kappa shape index (κ1) is 40.1. The van der Waals surface area contributed by atoms with Crippen LogP contribution in [0.2, 0.25) is 0 Å². The van der Waals surface area contributed by atoms with Gasteiger partial charge in [-0.25, -0.2) is 0 Å². The topological polar surface area (TPSA) is 103 Å². The SMILES string of the molecule is NC(N)=NC(N)=NCCCCCCCCCCP(Br)(c1ccc(C(F)(F)F)cc1)(c1ccc(C(F)(F)F)cc1)c1ccc(C(F)(F)F)cc1. The number of aliphatic imine (C=N–C) groups is 2. The van der Waals surface area contributed by atoms with Crippen LogP contribution < -0.4 is 33.1 Å². The van der Waals surface area contributed by atoms with Crippen molar-refractivity contribution >= 4 is 48.6 Å². The van der Waals surface area contributed by atoms with Gasteiger partial charge in [0.05, 0.1) is 0 Å². The van der Waals surface area contributed by atoms with Crippen molar-refractivity contribution in [2.75, 3.05) is 12.7 Å². The molecule has 3 aromatic carbocycles. The second-order valence-corrected chi connectivity index (χ2v) is 20.7. The van der Waals surface area contributed by atoms with Crippen LogP contribution in [0.1, 0.15) is 68.1 Å². The van der Waals surface area contributed by atoms with E-state index in [4.69, 9.17) is 17.2 Å². The maximum absolute atomic E-state index is 13.5. The van der Waals surface area contributed by atoms with Gasteiger partial charge in [0.15, 0.2) is 5.96 Å². The zero-order valence-electron chi connectivity index (χ0n) is 26.4. The fourth-order valence-electron chi connectivity index (χ4n) is 5.66. The van der Waals surface area contributed by atoms with Gasteiger partial charge in [-0.1, -0.05) is 0 Å². The Morgan fingerprint density at radius 3 is 1.12 bits per heavy atom. The zero-order valence-corrected chi connectivity index (χ0v) is 28.8. The monoisotopic (exact) mass is 785 g/mol. The van der Waals surface area contributed by atoms with Crippen LogP contribution >= 0.6 is 20.8 Å². The molecule has 270 valence electrons. The molecule has 0 bridgehead atoms. The van der Waals surface area contributed by atoms with E-state index in [0.717, 1.165) is 74.9 Å². The van der Waals surface area contributed by atoms with E-state index in [1.165, 1.54) is 36.4 Å². The summed E-state index contributed by atoms with van der Waals surface area (Å²) in [5, 5.41) is -3.10. The van der Waals surface area contributed by atoms with Crippen molar-refractivity contribution in [2.45, 2.75) is 69.9 Å². The summed E-state index contributed by atoms with van der Waals surface area (Å²) in [7, 11) is 0. The van der Waals surface area contributed by atoms with Crippen LogP contribution in [0.15, 0.2) is 82.8 Å². The van der Waals surface area contributed by atoms with Crippen molar-refractivity contribution in [1.29, 1.82) is 0 Å². The van der Waals surface area contributed by atoms with Crippen molar-refractivity contribution in [3.8, 4) is 0 Å². The number of rotatable bonds is 14. The summed E-state index contributed by atoms with van der Waals surface area (Å²) in [6.45, 7) is 0.471. The number of hydrogen-bond acceptors (Lipinski definition) is 1. The molecule has 5 nitrogen and oxygen atoms in total. The molecule has 0 heterocycles. The number of unbranched alkanes of at least 4 members (excludes halogenated alkanes) is 7. The molecular formula is C33H38BrF9N5P. The standard InChI is InChI=1S/C33H38BrF9N5P/c34-49(26-15-9-23(10-16-26)31(35,36)37,27-17-11-24(12-18-27)32(38,39)40,28-19-13-25(14-20-28)33(41,42)43)22-8-6-4-2-1-3-5-7-21-47-30(46)48-29(44)45/h9-20H,1-8,21-22H2,(H6,44,45,46,47,48). The summed E-state index contributed by atoms with van der Waals surface area (Å²) in [5.74, 6) is -0.169. The van der Waals surface area contributed by atoms with Crippen LogP contribution in [-0.2, 0) is 18.5 Å². The predicted molar refractivity (Wildman–Crippen MR) is 183 cm³/mol. The summed E-state index contributed by atoms with van der Waals surface area (Å²) in [6.07, 6.45) is -7.37. The van der Waals surface area contributed by atoms with Crippen molar-refractivity contribution in [3.05, 3.63) is 89.5 Å². The van der Waals surface area contributed by atoms with E-state index in [9.17, 15) is 39.5 Å². The Balaban J connectivity index is 1.91. The van der Waals surface area contributed by atoms with Crippen LogP contribution in [0.5, 0.6) is 0 Å². The number of benzene rings is 3. The van der Waals surface area contributed by atoms with Crippen LogP contribution in [0.25, 0.3) is 0 Å². The molecule has 3 rings (SSSR count). The fraction of sp³-hybridized carbons (Fsp3) is 0.394. The first-order valence-electron chi connectivity index (χ1n) is 15.4.